The molecule has 1 amide bonds. The van der Waals surface area contributed by atoms with Crippen LogP contribution in [0.15, 0.2) is 29.8 Å². The summed E-state index contributed by atoms with van der Waals surface area (Å²) in [6.45, 7) is 0.307. The van der Waals surface area contributed by atoms with E-state index in [4.69, 9.17) is 10.5 Å². The Morgan fingerprint density at radius 2 is 2.35 bits per heavy atom. The number of anilines is 1. The summed E-state index contributed by atoms with van der Waals surface area (Å²) >= 11 is 1.36. The molecule has 0 spiro atoms. The van der Waals surface area contributed by atoms with Crippen LogP contribution < -0.4 is 11.1 Å². The largest absolute Gasteiger partial charge is 0.380 e. The topological polar surface area (TPSA) is 90.1 Å². The van der Waals surface area contributed by atoms with Crippen molar-refractivity contribution >= 4 is 22.4 Å². The number of amides is 1. The smallest absolute Gasteiger partial charge is 0.228 e. The first kappa shape index (κ1) is 14.6. The van der Waals surface area contributed by atoms with Crippen molar-refractivity contribution in [2.45, 2.75) is 12.5 Å². The Morgan fingerprint density at radius 1 is 1.50 bits per heavy atom. The third-order valence-corrected chi connectivity index (χ3v) is 3.44. The van der Waals surface area contributed by atoms with Gasteiger partial charge in [-0.25, -0.2) is 4.98 Å². The van der Waals surface area contributed by atoms with Gasteiger partial charge < -0.3 is 15.8 Å². The van der Waals surface area contributed by atoms with Crippen LogP contribution in [0.4, 0.5) is 5.13 Å². The van der Waals surface area contributed by atoms with Crippen molar-refractivity contribution in [2.75, 3.05) is 19.0 Å². The molecule has 0 bridgehead atoms. The molecule has 0 aliphatic carbocycles. The van der Waals surface area contributed by atoms with Crippen molar-refractivity contribution in [2.24, 2.45) is 5.73 Å². The average molecular weight is 292 g/mol. The highest BCUT2D eigenvalue weighted by atomic mass is 32.1. The van der Waals surface area contributed by atoms with Gasteiger partial charge in [-0.05, 0) is 12.1 Å². The third-order valence-electron chi connectivity index (χ3n) is 2.69. The van der Waals surface area contributed by atoms with E-state index in [2.05, 4.69) is 15.3 Å². The average Bonchev–Trinajstić information content (AvgIpc) is 2.94. The first-order valence-corrected chi connectivity index (χ1v) is 7.00. The summed E-state index contributed by atoms with van der Waals surface area (Å²) in [5, 5.41) is 5.14. The zero-order valence-corrected chi connectivity index (χ0v) is 11.9. The Labute approximate surface area is 121 Å². The van der Waals surface area contributed by atoms with Crippen LogP contribution in [-0.2, 0) is 9.53 Å². The lowest BCUT2D eigenvalue weighted by atomic mass is 10.2. The summed E-state index contributed by atoms with van der Waals surface area (Å²) in [5.74, 6) is -0.163. The van der Waals surface area contributed by atoms with E-state index >= 15 is 0 Å². The summed E-state index contributed by atoms with van der Waals surface area (Å²) < 4.78 is 5.07. The minimum Gasteiger partial charge on any atom is -0.380 e. The molecular formula is C13H16N4O2S. The molecular weight excluding hydrogens is 276 g/mol. The molecule has 2 rings (SSSR count). The second-order valence-electron chi connectivity index (χ2n) is 4.10. The number of nitrogens with two attached hydrogens (primary N) is 1. The molecule has 106 valence electrons. The van der Waals surface area contributed by atoms with Crippen molar-refractivity contribution < 1.29 is 9.53 Å². The number of hydrogen-bond donors (Lipinski definition) is 2. The van der Waals surface area contributed by atoms with E-state index in [9.17, 15) is 4.79 Å². The maximum absolute atomic E-state index is 11.8. The zero-order chi connectivity index (χ0) is 14.4. The predicted octanol–water partition coefficient (Wildman–Crippen LogP) is 1.51. The van der Waals surface area contributed by atoms with Gasteiger partial charge in [-0.3, -0.25) is 9.78 Å². The summed E-state index contributed by atoms with van der Waals surface area (Å²) in [6.07, 6.45) is 1.65. The van der Waals surface area contributed by atoms with E-state index < -0.39 is 0 Å². The SMILES string of the molecule is COC(CN)CC(=O)Nc1nc(-c2ccccn2)cs1. The van der Waals surface area contributed by atoms with E-state index in [0.29, 0.717) is 11.7 Å². The van der Waals surface area contributed by atoms with E-state index in [-0.39, 0.29) is 18.4 Å². The number of ether oxygens (including phenoxy) is 1. The molecule has 2 heterocycles. The number of carbonyl (C=O) groups excluding carboxylic acids is 1. The number of methoxy groups -OCH3 is 1. The Kier molecular flexibility index (Phi) is 5.16. The van der Waals surface area contributed by atoms with Gasteiger partial charge in [0.05, 0.1) is 18.2 Å². The molecule has 6 nitrogen and oxygen atoms in total. The predicted molar refractivity (Wildman–Crippen MR) is 78.4 cm³/mol. The quantitative estimate of drug-likeness (QED) is 0.842. The standard InChI is InChI=1S/C13H16N4O2S/c1-19-9(7-14)6-12(18)17-13-16-11(8-20-13)10-4-2-3-5-15-10/h2-5,8-9H,6-7,14H2,1H3,(H,16,17,18). The highest BCUT2D eigenvalue weighted by Gasteiger charge is 2.13. The van der Waals surface area contributed by atoms with Crippen molar-refractivity contribution in [1.82, 2.24) is 9.97 Å². The van der Waals surface area contributed by atoms with E-state index in [0.717, 1.165) is 11.4 Å². The van der Waals surface area contributed by atoms with Gasteiger partial charge in [0.25, 0.3) is 0 Å². The van der Waals surface area contributed by atoms with Crippen LogP contribution in [0.3, 0.4) is 0 Å². The third kappa shape index (κ3) is 3.83. The van der Waals surface area contributed by atoms with Crippen LogP contribution >= 0.6 is 11.3 Å². The minimum atomic E-state index is -0.273. The minimum absolute atomic E-state index is 0.163. The molecule has 20 heavy (non-hydrogen) atoms. The van der Waals surface area contributed by atoms with Gasteiger partial charge in [0.2, 0.25) is 5.91 Å². The van der Waals surface area contributed by atoms with Crippen LogP contribution in [-0.4, -0.2) is 35.6 Å². The molecule has 0 radical (unpaired) electrons. The Hall–Kier alpha value is -1.83. The van der Waals surface area contributed by atoms with Crippen LogP contribution in [0, 0.1) is 0 Å². The number of thiazole rings is 1. The maximum Gasteiger partial charge on any atom is 0.228 e. The summed E-state index contributed by atoms with van der Waals surface area (Å²) in [7, 11) is 1.54. The molecule has 7 heteroatoms. The molecule has 3 N–H and O–H groups in total. The van der Waals surface area contributed by atoms with E-state index in [1.54, 1.807) is 6.20 Å². The number of hydrogen-bond acceptors (Lipinski definition) is 6. The summed E-state index contributed by atoms with van der Waals surface area (Å²) in [4.78, 5) is 20.3. The van der Waals surface area contributed by atoms with Crippen LogP contribution in [0.25, 0.3) is 11.4 Å². The van der Waals surface area contributed by atoms with Crippen LogP contribution in [0.1, 0.15) is 6.42 Å². The monoisotopic (exact) mass is 292 g/mol. The molecule has 0 saturated carbocycles. The Bertz CT molecular complexity index is 555. The van der Waals surface area contributed by atoms with Gasteiger partial charge in [0, 0.05) is 25.2 Å². The fraction of sp³-hybridized carbons (Fsp3) is 0.308. The van der Waals surface area contributed by atoms with Crippen LogP contribution in [0.5, 0.6) is 0 Å². The number of aromatic nitrogens is 2. The Morgan fingerprint density at radius 3 is 3.00 bits per heavy atom. The fourth-order valence-electron chi connectivity index (χ4n) is 1.60. The number of nitrogens with zero attached hydrogens (tertiary/aromatic N) is 2. The van der Waals surface area contributed by atoms with Crippen molar-refractivity contribution in [3.63, 3.8) is 0 Å². The normalized spacial score (nSPS) is 12.1. The number of carbonyl (C=O) groups is 1. The first-order valence-electron chi connectivity index (χ1n) is 6.12. The fourth-order valence-corrected chi connectivity index (χ4v) is 2.32. The molecule has 2 aromatic rings. The van der Waals surface area contributed by atoms with Crippen molar-refractivity contribution in [3.8, 4) is 11.4 Å². The van der Waals surface area contributed by atoms with E-state index in [1.807, 2.05) is 23.6 Å². The Balaban J connectivity index is 1.98. The molecule has 0 saturated heterocycles. The lowest BCUT2D eigenvalue weighted by Gasteiger charge is -2.11. The van der Waals surface area contributed by atoms with Crippen molar-refractivity contribution in [1.29, 1.82) is 0 Å². The molecule has 0 aliphatic heterocycles. The molecule has 1 atom stereocenters. The molecule has 0 aromatic carbocycles. The van der Waals surface area contributed by atoms with Crippen molar-refractivity contribution in [3.05, 3.63) is 29.8 Å². The highest BCUT2D eigenvalue weighted by molar-refractivity contribution is 7.14. The molecule has 1 unspecified atom stereocenters. The van der Waals surface area contributed by atoms with E-state index in [1.165, 1.54) is 18.4 Å². The second kappa shape index (κ2) is 7.09. The maximum atomic E-state index is 11.8. The van der Waals surface area contributed by atoms with Crippen LogP contribution in [0.2, 0.25) is 0 Å². The van der Waals surface area contributed by atoms with Gasteiger partial charge in [-0.1, -0.05) is 6.07 Å². The van der Waals surface area contributed by atoms with Gasteiger partial charge in [0.15, 0.2) is 5.13 Å². The van der Waals surface area contributed by atoms with Gasteiger partial charge in [0.1, 0.15) is 5.69 Å². The molecule has 2 aromatic heterocycles. The molecule has 0 fully saturated rings. The second-order valence-corrected chi connectivity index (χ2v) is 4.96. The molecule has 0 aliphatic rings. The zero-order valence-electron chi connectivity index (χ0n) is 11.1. The summed E-state index contributed by atoms with van der Waals surface area (Å²) in [5.41, 5.74) is 7.00. The highest BCUT2D eigenvalue weighted by Crippen LogP contribution is 2.23. The first-order chi connectivity index (χ1) is 9.72. The number of nitrogens with one attached hydrogen (secondary N) is 1. The van der Waals surface area contributed by atoms with Gasteiger partial charge in [-0.15, -0.1) is 11.3 Å². The lowest BCUT2D eigenvalue weighted by Crippen LogP contribution is -2.28. The summed E-state index contributed by atoms with van der Waals surface area (Å²) in [6, 6.07) is 5.61. The number of pyridine rings is 1. The number of rotatable bonds is 6. The van der Waals surface area contributed by atoms with Gasteiger partial charge in [-0.2, -0.15) is 0 Å². The van der Waals surface area contributed by atoms with Gasteiger partial charge >= 0.3 is 0 Å². The lowest BCUT2D eigenvalue weighted by molar-refractivity contribution is -0.118.